The van der Waals surface area contributed by atoms with Crippen molar-refractivity contribution in [1.29, 1.82) is 0 Å². The lowest BCUT2D eigenvalue weighted by Crippen LogP contribution is -2.55. The van der Waals surface area contributed by atoms with Gasteiger partial charge in [0.25, 0.3) is 5.91 Å². The standard InChI is InChI=1S/C39H51N7O7/c1-22(2)32(44-38(50)52-5)36(48)43-29-10-7-9-28(29)42-35(47)27-18-14-25(15-19-27)24-12-16-26(17-13-24)30-21-40-34(41-30)31-11-8-20-46(31)37(49)33(23(3)4)45-39(51)53-6/h12-19,21-23,28-29,31-33H,7-11,20H2,1-6H3,(H,40,41)(H,42,47)(H,43,48)(H,44,50)(H,45,51)/t28-,29-,31-,32-,33-/m0/s1. The van der Waals surface area contributed by atoms with Gasteiger partial charge >= 0.3 is 12.2 Å². The summed E-state index contributed by atoms with van der Waals surface area (Å²) in [5.41, 5.74) is 4.20. The van der Waals surface area contributed by atoms with Gasteiger partial charge in [-0.2, -0.15) is 0 Å². The summed E-state index contributed by atoms with van der Waals surface area (Å²) in [4.78, 5) is 73.2. The summed E-state index contributed by atoms with van der Waals surface area (Å²) in [6.07, 6.45) is 4.38. The maximum Gasteiger partial charge on any atom is 0.407 e. The number of likely N-dealkylation sites (tertiary alicyclic amines) is 1. The van der Waals surface area contributed by atoms with E-state index in [0.29, 0.717) is 17.9 Å². The predicted molar refractivity (Wildman–Crippen MR) is 199 cm³/mol. The smallest absolute Gasteiger partial charge is 0.407 e. The molecule has 5 rings (SSSR count). The SMILES string of the molecule is COC(=O)N[C@H](C(=O)N[C@H]1CCC[C@@H]1NC(=O)c1ccc(-c2ccc(-c3cnc([C@@H]4CCCN4C(=O)[C@@H](NC(=O)OC)C(C)C)[nH]3)cc2)cc1)C(C)C. The number of methoxy groups -OCH3 is 2. The Bertz CT molecular complexity index is 1760. The van der Waals surface area contributed by atoms with Gasteiger partial charge in [0.05, 0.1) is 32.2 Å². The lowest BCUT2D eigenvalue weighted by Gasteiger charge is -2.30. The molecule has 14 heteroatoms. The van der Waals surface area contributed by atoms with Gasteiger partial charge in [-0.3, -0.25) is 14.4 Å². The molecule has 2 heterocycles. The number of aromatic amines is 1. The molecule has 1 saturated carbocycles. The van der Waals surface area contributed by atoms with E-state index >= 15 is 0 Å². The number of aromatic nitrogens is 2. The number of H-pyrrole nitrogens is 1. The highest BCUT2D eigenvalue weighted by atomic mass is 16.5. The number of carbonyl (C=O) groups is 5. The fourth-order valence-corrected chi connectivity index (χ4v) is 7.05. The Morgan fingerprint density at radius 3 is 1.87 bits per heavy atom. The molecule has 1 aromatic heterocycles. The van der Waals surface area contributed by atoms with Gasteiger partial charge in [-0.1, -0.05) is 64.1 Å². The zero-order chi connectivity index (χ0) is 38.2. The highest BCUT2D eigenvalue weighted by Gasteiger charge is 2.38. The van der Waals surface area contributed by atoms with Gasteiger partial charge in [-0.05, 0) is 72.8 Å². The Morgan fingerprint density at radius 1 is 0.736 bits per heavy atom. The Labute approximate surface area is 310 Å². The molecule has 2 fully saturated rings. The number of carbonyl (C=O) groups excluding carboxylic acids is 5. The molecular weight excluding hydrogens is 678 g/mol. The number of nitrogens with one attached hydrogen (secondary N) is 5. The average molecular weight is 730 g/mol. The molecule has 3 aromatic rings. The van der Waals surface area contributed by atoms with Crippen LogP contribution >= 0.6 is 0 Å². The summed E-state index contributed by atoms with van der Waals surface area (Å²) in [5, 5.41) is 11.4. The number of amides is 5. The van der Waals surface area contributed by atoms with E-state index < -0.39 is 24.3 Å². The van der Waals surface area contributed by atoms with Crippen molar-refractivity contribution in [3.8, 4) is 22.4 Å². The first-order chi connectivity index (χ1) is 25.4. The van der Waals surface area contributed by atoms with E-state index in [9.17, 15) is 24.0 Å². The van der Waals surface area contributed by atoms with Crippen LogP contribution in [0.1, 0.15) is 82.0 Å². The normalized spacial score (nSPS) is 19.4. The fraction of sp³-hybridized carbons (Fsp3) is 0.487. The third-order valence-corrected chi connectivity index (χ3v) is 10.1. The average Bonchev–Trinajstić information content (AvgIpc) is 3.94. The molecule has 2 aliphatic rings. The predicted octanol–water partition coefficient (Wildman–Crippen LogP) is 4.94. The number of ether oxygens (including phenoxy) is 2. The van der Waals surface area contributed by atoms with Crippen molar-refractivity contribution >= 4 is 29.9 Å². The minimum absolute atomic E-state index is 0.115. The maximum atomic E-state index is 13.5. The second-order valence-corrected chi connectivity index (χ2v) is 14.4. The Hall–Kier alpha value is -5.40. The van der Waals surface area contributed by atoms with Crippen LogP contribution in [0.3, 0.4) is 0 Å². The number of nitrogens with zero attached hydrogens (tertiary/aromatic N) is 2. The largest absolute Gasteiger partial charge is 0.453 e. The van der Waals surface area contributed by atoms with Crippen molar-refractivity contribution in [3.05, 3.63) is 66.1 Å². The Morgan fingerprint density at radius 2 is 1.28 bits per heavy atom. The summed E-state index contributed by atoms with van der Waals surface area (Å²) in [6.45, 7) is 8.04. The lowest BCUT2D eigenvalue weighted by molar-refractivity contribution is -0.135. The van der Waals surface area contributed by atoms with Crippen molar-refractivity contribution in [2.24, 2.45) is 11.8 Å². The van der Waals surface area contributed by atoms with Crippen LogP contribution in [0.15, 0.2) is 54.7 Å². The zero-order valence-electron chi connectivity index (χ0n) is 31.2. The number of alkyl carbamates (subject to hydrolysis) is 2. The molecule has 0 spiro atoms. The van der Waals surface area contributed by atoms with Crippen molar-refractivity contribution < 1.29 is 33.4 Å². The summed E-state index contributed by atoms with van der Waals surface area (Å²) >= 11 is 0. The summed E-state index contributed by atoms with van der Waals surface area (Å²) in [6, 6.07) is 13.2. The highest BCUT2D eigenvalue weighted by Crippen LogP contribution is 2.33. The third kappa shape index (κ3) is 9.34. The molecule has 14 nitrogen and oxygen atoms in total. The van der Waals surface area contributed by atoms with Crippen molar-refractivity contribution in [2.45, 2.75) is 90.0 Å². The lowest BCUT2D eigenvalue weighted by atomic mass is 10.0. The molecule has 5 amide bonds. The van der Waals surface area contributed by atoms with Gasteiger partial charge in [-0.25, -0.2) is 14.6 Å². The van der Waals surface area contributed by atoms with Crippen molar-refractivity contribution in [3.63, 3.8) is 0 Å². The second-order valence-electron chi connectivity index (χ2n) is 14.4. The van der Waals surface area contributed by atoms with Gasteiger partial charge in [0.15, 0.2) is 0 Å². The maximum absolute atomic E-state index is 13.5. The van der Waals surface area contributed by atoms with E-state index in [0.717, 1.165) is 54.5 Å². The van der Waals surface area contributed by atoms with E-state index in [-0.39, 0.29) is 47.7 Å². The van der Waals surface area contributed by atoms with E-state index in [4.69, 9.17) is 4.74 Å². The first kappa shape index (κ1) is 38.8. The first-order valence-electron chi connectivity index (χ1n) is 18.3. The molecule has 0 unspecified atom stereocenters. The quantitative estimate of drug-likeness (QED) is 0.174. The van der Waals surface area contributed by atoms with E-state index in [1.807, 2.05) is 64.1 Å². The second kappa shape index (κ2) is 17.4. The van der Waals surface area contributed by atoms with Crippen LogP contribution in [-0.2, 0) is 19.1 Å². The molecule has 284 valence electrons. The van der Waals surface area contributed by atoms with Crippen LogP contribution in [0.2, 0.25) is 0 Å². The van der Waals surface area contributed by atoms with Gasteiger partial charge < -0.3 is 40.6 Å². The Kier molecular flexibility index (Phi) is 12.8. The van der Waals surface area contributed by atoms with Gasteiger partial charge in [0.1, 0.15) is 17.9 Å². The van der Waals surface area contributed by atoms with E-state index in [1.54, 1.807) is 23.2 Å². The van der Waals surface area contributed by atoms with E-state index in [1.165, 1.54) is 14.2 Å². The topological polar surface area (TPSA) is 184 Å². The summed E-state index contributed by atoms with van der Waals surface area (Å²) in [7, 11) is 2.53. The highest BCUT2D eigenvalue weighted by molar-refractivity contribution is 5.95. The molecule has 1 aliphatic carbocycles. The number of benzene rings is 2. The van der Waals surface area contributed by atoms with Gasteiger partial charge in [-0.15, -0.1) is 0 Å². The third-order valence-electron chi connectivity index (χ3n) is 10.1. The van der Waals surface area contributed by atoms with Crippen molar-refractivity contribution in [2.75, 3.05) is 20.8 Å². The molecule has 0 bridgehead atoms. The monoisotopic (exact) mass is 729 g/mol. The molecule has 5 N–H and O–H groups in total. The van der Waals surface area contributed by atoms with Gasteiger partial charge in [0.2, 0.25) is 11.8 Å². The fourth-order valence-electron chi connectivity index (χ4n) is 7.05. The number of hydrogen-bond acceptors (Lipinski definition) is 8. The zero-order valence-corrected chi connectivity index (χ0v) is 31.2. The minimum atomic E-state index is -0.750. The summed E-state index contributed by atoms with van der Waals surface area (Å²) < 4.78 is 9.41. The molecule has 1 aliphatic heterocycles. The molecular formula is C39H51N7O7. The molecule has 0 radical (unpaired) electrons. The first-order valence-corrected chi connectivity index (χ1v) is 18.3. The van der Waals surface area contributed by atoms with Crippen molar-refractivity contribution in [1.82, 2.24) is 36.1 Å². The van der Waals surface area contributed by atoms with Crippen LogP contribution in [0.4, 0.5) is 9.59 Å². The van der Waals surface area contributed by atoms with Crippen LogP contribution < -0.4 is 21.3 Å². The molecule has 5 atom stereocenters. The number of imidazole rings is 1. The Balaban J connectivity index is 1.19. The van der Waals surface area contributed by atoms with Crippen LogP contribution in [0, 0.1) is 11.8 Å². The minimum Gasteiger partial charge on any atom is -0.453 e. The molecule has 53 heavy (non-hydrogen) atoms. The molecule has 2 aromatic carbocycles. The van der Waals surface area contributed by atoms with Crippen LogP contribution in [0.25, 0.3) is 22.4 Å². The van der Waals surface area contributed by atoms with E-state index in [2.05, 4.69) is 36.0 Å². The van der Waals surface area contributed by atoms with Crippen LogP contribution in [-0.4, -0.2) is 89.7 Å². The molecule has 1 saturated heterocycles. The summed E-state index contributed by atoms with van der Waals surface area (Å²) in [5.74, 6) is -0.245. The number of rotatable bonds is 12. The number of hydrogen-bond donors (Lipinski definition) is 5. The van der Waals surface area contributed by atoms with Gasteiger partial charge in [0, 0.05) is 24.2 Å². The van der Waals surface area contributed by atoms with Crippen LogP contribution in [0.5, 0.6) is 0 Å².